The molecule has 3 aromatic carbocycles. The number of benzene rings is 3. The summed E-state index contributed by atoms with van der Waals surface area (Å²) in [4.78, 5) is 0. The second kappa shape index (κ2) is 7.92. The van der Waals surface area contributed by atoms with Gasteiger partial charge in [0.15, 0.2) is 0 Å². The summed E-state index contributed by atoms with van der Waals surface area (Å²) in [5, 5.41) is 2.71. The van der Waals surface area contributed by atoms with E-state index >= 15 is 0 Å². The van der Waals surface area contributed by atoms with Gasteiger partial charge in [-0.15, -0.1) is 0 Å². The van der Waals surface area contributed by atoms with Crippen LogP contribution in [0.1, 0.15) is 52.4 Å². The number of hydrogen-bond donors (Lipinski definition) is 1. The minimum Gasteiger partial charge on any atom is -0.310 e. The van der Waals surface area contributed by atoms with Crippen molar-refractivity contribution < 1.29 is 29.6 Å². The van der Waals surface area contributed by atoms with Gasteiger partial charge in [-0.05, 0) is 54.1 Å². The fourth-order valence-electron chi connectivity index (χ4n) is 2.36. The summed E-state index contributed by atoms with van der Waals surface area (Å²) in [5.74, 6) is 0. The van der Waals surface area contributed by atoms with Crippen molar-refractivity contribution in [1.29, 1.82) is 0 Å². The Bertz CT molecular complexity index is 1370. The Hall–Kier alpha value is -2.33. The van der Waals surface area contributed by atoms with Gasteiger partial charge >= 0.3 is 6.18 Å². The molecule has 0 bridgehead atoms. The van der Waals surface area contributed by atoms with Crippen LogP contribution in [0.15, 0.2) is 66.6 Å². The number of halogens is 3. The van der Waals surface area contributed by atoms with Crippen molar-refractivity contribution in [1.82, 2.24) is 5.32 Å². The zero-order valence-corrected chi connectivity index (χ0v) is 13.4. The summed E-state index contributed by atoms with van der Waals surface area (Å²) in [5.41, 5.74) is -3.06. The number of alkyl halides is 3. The molecule has 0 amide bonds. The van der Waals surface area contributed by atoms with Crippen molar-refractivity contribution >= 4 is 10.8 Å². The van der Waals surface area contributed by atoms with E-state index in [0.717, 1.165) is 0 Å². The van der Waals surface area contributed by atoms with E-state index in [1.54, 1.807) is 24.3 Å². The third kappa shape index (κ3) is 4.44. The van der Waals surface area contributed by atoms with Crippen molar-refractivity contribution in [3.05, 3.63) is 83.3 Å². The summed E-state index contributed by atoms with van der Waals surface area (Å²) in [6, 6.07) is 2.57. The van der Waals surface area contributed by atoms with Crippen LogP contribution in [0.3, 0.4) is 0 Å². The predicted molar refractivity (Wildman–Crippen MR) is 100 cm³/mol. The molecule has 0 aliphatic rings. The summed E-state index contributed by atoms with van der Waals surface area (Å²) in [7, 11) is 0. The van der Waals surface area contributed by atoms with Gasteiger partial charge in [-0.25, -0.2) is 0 Å². The molecule has 1 N–H and O–H groups in total. The molecule has 136 valence electrons. The van der Waals surface area contributed by atoms with E-state index < -0.39 is 73.6 Å². The van der Waals surface area contributed by atoms with Gasteiger partial charge in [0.1, 0.15) is 0 Å². The lowest BCUT2D eigenvalue weighted by Gasteiger charge is -2.17. The number of nitrogens with one attached hydrogen (secondary N) is 1. The fraction of sp³-hybridized carbons (Fsp3) is 0.273. The highest BCUT2D eigenvalue weighted by Crippen LogP contribution is 2.29. The van der Waals surface area contributed by atoms with Gasteiger partial charge in [-0.3, -0.25) is 0 Å². The van der Waals surface area contributed by atoms with Crippen molar-refractivity contribution in [2.75, 3.05) is 6.50 Å². The van der Waals surface area contributed by atoms with Gasteiger partial charge in [0.2, 0.25) is 0 Å². The molecule has 0 saturated heterocycles. The first-order chi connectivity index (χ1) is 17.2. The highest BCUT2D eigenvalue weighted by Gasteiger charge is 2.30. The smallest absolute Gasteiger partial charge is 0.310 e. The average Bonchev–Trinajstić information content (AvgIpc) is 2.78. The van der Waals surface area contributed by atoms with Gasteiger partial charge in [-0.2, -0.15) is 13.2 Å². The van der Waals surface area contributed by atoms with Crippen molar-refractivity contribution in [2.24, 2.45) is 0 Å². The Morgan fingerprint density at radius 1 is 1.19 bits per heavy atom. The molecule has 0 aliphatic heterocycles. The van der Waals surface area contributed by atoms with Crippen LogP contribution in [0, 0.1) is 0 Å². The molecule has 1 atom stereocenters. The Morgan fingerprint density at radius 3 is 2.81 bits per heavy atom. The van der Waals surface area contributed by atoms with E-state index in [-0.39, 0.29) is 10.9 Å². The van der Waals surface area contributed by atoms with E-state index in [2.05, 4.69) is 0 Å². The maximum atomic E-state index is 13.5. The first-order valence-corrected chi connectivity index (χ1v) is 7.60. The van der Waals surface area contributed by atoms with Crippen molar-refractivity contribution in [3.8, 4) is 0 Å². The quantitative estimate of drug-likeness (QED) is 0.550. The molecule has 4 heteroatoms. The van der Waals surface area contributed by atoms with Crippen LogP contribution in [0.4, 0.5) is 13.2 Å². The molecule has 0 spiro atoms. The average molecular weight is 369 g/mol. The van der Waals surface area contributed by atoms with Crippen LogP contribution in [0.25, 0.3) is 10.8 Å². The monoisotopic (exact) mass is 369 g/mol. The second-order valence-corrected chi connectivity index (χ2v) is 5.36. The number of hydrogen-bond acceptors (Lipinski definition) is 1. The molecule has 26 heavy (non-hydrogen) atoms. The van der Waals surface area contributed by atoms with Crippen LogP contribution in [0.2, 0.25) is 0 Å². The molecule has 0 fully saturated rings. The molecule has 3 rings (SSSR count). The molecule has 0 heterocycles. The molecule has 1 nitrogen and oxygen atoms in total. The summed E-state index contributed by atoms with van der Waals surface area (Å²) in [6.45, 7) is -6.69. The zero-order valence-electron chi connectivity index (χ0n) is 25.4. The SMILES string of the molecule is [2H]c1c([2H])c(CC([2H])([2H])C([2H])([2H])N[C@@]([2H])(c2cccc3ccccc23)C([2H])([2H])[2H])c([2H])c(C(F)(F)F)c1[2H]. The highest BCUT2D eigenvalue weighted by molar-refractivity contribution is 5.86. The second-order valence-electron chi connectivity index (χ2n) is 5.36. The van der Waals surface area contributed by atoms with Crippen LogP contribution in [0.5, 0.6) is 0 Å². The minimum absolute atomic E-state index is 0.205. The largest absolute Gasteiger partial charge is 0.416 e. The molecule has 0 aliphatic carbocycles. The summed E-state index contributed by atoms with van der Waals surface area (Å²) >= 11 is 0. The van der Waals surface area contributed by atoms with E-state index in [1.165, 1.54) is 18.2 Å². The summed E-state index contributed by atoms with van der Waals surface area (Å²) < 4.78 is 138. The lowest BCUT2D eigenvalue weighted by molar-refractivity contribution is -0.137. The van der Waals surface area contributed by atoms with Crippen LogP contribution >= 0.6 is 0 Å². The van der Waals surface area contributed by atoms with Gasteiger partial charge in [-0.1, -0.05) is 60.6 Å². The van der Waals surface area contributed by atoms with Crippen LogP contribution < -0.4 is 5.32 Å². The van der Waals surface area contributed by atoms with Crippen LogP contribution in [-0.2, 0) is 12.6 Å². The van der Waals surface area contributed by atoms with Gasteiger partial charge in [0.25, 0.3) is 0 Å². The first-order valence-electron chi connectivity index (χ1n) is 13.6. The highest BCUT2D eigenvalue weighted by atomic mass is 19.4. The van der Waals surface area contributed by atoms with Gasteiger partial charge in [0, 0.05) is 15.6 Å². The molecule has 3 aromatic rings. The molecule has 0 aromatic heterocycles. The third-order valence-electron chi connectivity index (χ3n) is 3.56. The minimum atomic E-state index is -5.28. The molecular weight excluding hydrogens is 335 g/mol. The lowest BCUT2D eigenvalue weighted by Crippen LogP contribution is -2.20. The summed E-state index contributed by atoms with van der Waals surface area (Å²) in [6.07, 6.45) is -9.92. The van der Waals surface area contributed by atoms with Gasteiger partial charge in [0.05, 0.1) is 12.4 Å². The lowest BCUT2D eigenvalue weighted by atomic mass is 9.99. The Morgan fingerprint density at radius 2 is 2.00 bits per heavy atom. The third-order valence-corrected chi connectivity index (χ3v) is 3.56. The molecule has 0 unspecified atom stereocenters. The van der Waals surface area contributed by atoms with E-state index in [1.807, 2.05) is 5.32 Å². The van der Waals surface area contributed by atoms with E-state index in [0.29, 0.717) is 5.39 Å². The first kappa shape index (κ1) is 8.57. The Kier molecular flexibility index (Phi) is 2.61. The Labute approximate surface area is 168 Å². The van der Waals surface area contributed by atoms with Crippen molar-refractivity contribution in [2.45, 2.75) is 31.8 Å². The van der Waals surface area contributed by atoms with Gasteiger partial charge < -0.3 is 5.32 Å². The number of rotatable bonds is 6. The van der Waals surface area contributed by atoms with Crippen molar-refractivity contribution in [3.63, 3.8) is 0 Å². The fourth-order valence-corrected chi connectivity index (χ4v) is 2.36. The molecule has 0 radical (unpaired) electrons. The molecule has 0 saturated carbocycles. The number of fused-ring (bicyclic) bond motifs is 1. The van der Waals surface area contributed by atoms with E-state index in [4.69, 9.17) is 16.4 Å². The topological polar surface area (TPSA) is 12.0 Å². The Balaban J connectivity index is 2.14. The standard InChI is InChI=1S/C22H22F3N/c1-16(20-13-5-10-18-9-2-3-12-21(18)20)26-14-6-8-17-7-4-11-19(15-17)22(23,24)25/h2-5,7,9-13,15-16,26H,6,8,14H2,1H3/t16-/m1/s1/i1D3,4D,6D2,7D,11D,14D2,15D,16D. The maximum Gasteiger partial charge on any atom is 0.416 e. The normalized spacial score (nSPS) is 22.6. The predicted octanol–water partition coefficient (Wildman–Crippen LogP) is 6.14. The van der Waals surface area contributed by atoms with Crippen LogP contribution in [-0.4, -0.2) is 6.50 Å². The maximum absolute atomic E-state index is 13.5. The molecular formula is C22H22F3N. The van der Waals surface area contributed by atoms with E-state index in [9.17, 15) is 13.2 Å². The zero-order chi connectivity index (χ0) is 29.1.